The molecule has 0 saturated carbocycles. The molecule has 1 unspecified atom stereocenters. The lowest BCUT2D eigenvalue weighted by Crippen LogP contribution is -2.46. The normalized spacial score (nSPS) is 20.2. The summed E-state index contributed by atoms with van der Waals surface area (Å²) in [4.78, 5) is 30.7. The van der Waals surface area contributed by atoms with E-state index in [9.17, 15) is 9.90 Å². The quantitative estimate of drug-likeness (QED) is 0.629. The molecule has 1 amide bonds. The summed E-state index contributed by atoms with van der Waals surface area (Å²) >= 11 is 1.60. The predicted molar refractivity (Wildman–Crippen MR) is 131 cm³/mol. The standard InChI is InChI=1S/C24H34N6O2S/c1-16(31)27-23(21-15-33-17(2)28-21)19-6-11-30(12-7-19)24(32)20-4-9-29(10-5-20)14-18-3-8-26-22(25)13-18/h3,8,13,15-16,19-20,31H,4-7,9-12,14H2,1-2H3,(H2,25,26). The number of aliphatic imine (C=N–C) groups is 1. The van der Waals surface area contributed by atoms with Crippen molar-refractivity contribution < 1.29 is 9.90 Å². The lowest BCUT2D eigenvalue weighted by Gasteiger charge is -2.37. The second-order valence-corrected chi connectivity index (χ2v) is 10.2. The Morgan fingerprint density at radius 2 is 1.94 bits per heavy atom. The van der Waals surface area contributed by atoms with Crippen molar-refractivity contribution in [2.45, 2.75) is 52.3 Å². The largest absolute Gasteiger partial charge is 0.384 e. The maximum Gasteiger partial charge on any atom is 0.225 e. The van der Waals surface area contributed by atoms with Gasteiger partial charge < -0.3 is 15.7 Å². The summed E-state index contributed by atoms with van der Waals surface area (Å²) in [5, 5.41) is 12.9. The molecule has 0 bridgehead atoms. The van der Waals surface area contributed by atoms with Crippen molar-refractivity contribution in [3.8, 4) is 0 Å². The Morgan fingerprint density at radius 1 is 1.24 bits per heavy atom. The molecule has 0 aromatic carbocycles. The van der Waals surface area contributed by atoms with Crippen LogP contribution in [0.5, 0.6) is 0 Å². The van der Waals surface area contributed by atoms with Gasteiger partial charge in [-0.3, -0.25) is 14.7 Å². The highest BCUT2D eigenvalue weighted by Gasteiger charge is 2.32. The Bertz CT molecular complexity index is 975. The molecule has 2 aromatic heterocycles. The second kappa shape index (κ2) is 10.7. The van der Waals surface area contributed by atoms with Gasteiger partial charge in [-0.15, -0.1) is 11.3 Å². The molecule has 4 rings (SSSR count). The molecule has 8 nitrogen and oxygen atoms in total. The number of nitrogens with two attached hydrogens (primary N) is 1. The number of aliphatic hydroxyl groups excluding tert-OH is 1. The molecule has 0 radical (unpaired) electrons. The monoisotopic (exact) mass is 470 g/mol. The van der Waals surface area contributed by atoms with Crippen LogP contribution >= 0.6 is 11.3 Å². The van der Waals surface area contributed by atoms with Crippen LogP contribution in [0, 0.1) is 18.8 Å². The number of carbonyl (C=O) groups excluding carboxylic acids is 1. The third-order valence-electron chi connectivity index (χ3n) is 6.59. The fourth-order valence-corrected chi connectivity index (χ4v) is 5.49. The van der Waals surface area contributed by atoms with Gasteiger partial charge >= 0.3 is 0 Å². The first-order valence-corrected chi connectivity index (χ1v) is 12.7. The van der Waals surface area contributed by atoms with Gasteiger partial charge in [-0.1, -0.05) is 0 Å². The summed E-state index contributed by atoms with van der Waals surface area (Å²) < 4.78 is 0. The van der Waals surface area contributed by atoms with Crippen molar-refractivity contribution in [1.82, 2.24) is 19.8 Å². The third kappa shape index (κ3) is 6.16. The average Bonchev–Trinajstić information content (AvgIpc) is 3.23. The molecule has 9 heteroatoms. The van der Waals surface area contributed by atoms with Crippen LogP contribution in [-0.4, -0.2) is 68.9 Å². The van der Waals surface area contributed by atoms with Crippen LogP contribution in [0.15, 0.2) is 28.7 Å². The molecule has 2 saturated heterocycles. The molecule has 1 atom stereocenters. The number of hydrogen-bond acceptors (Lipinski definition) is 8. The van der Waals surface area contributed by atoms with E-state index >= 15 is 0 Å². The molecule has 33 heavy (non-hydrogen) atoms. The zero-order valence-corrected chi connectivity index (χ0v) is 20.3. The van der Waals surface area contributed by atoms with E-state index < -0.39 is 6.23 Å². The maximum atomic E-state index is 13.2. The SMILES string of the molecule is Cc1nc(C(=NC(C)O)C2CCN(C(=O)C3CCN(Cc4ccnc(N)c4)CC3)CC2)cs1. The molecule has 2 fully saturated rings. The van der Waals surface area contributed by atoms with Gasteiger partial charge in [-0.2, -0.15) is 0 Å². The molecular formula is C24H34N6O2S. The van der Waals surface area contributed by atoms with E-state index in [4.69, 9.17) is 5.73 Å². The number of aryl methyl sites for hydroxylation is 1. The Hall–Kier alpha value is -2.36. The molecular weight excluding hydrogens is 436 g/mol. The van der Waals surface area contributed by atoms with Crippen molar-refractivity contribution in [3.05, 3.63) is 40.0 Å². The number of carbonyl (C=O) groups is 1. The number of anilines is 1. The first kappa shape index (κ1) is 23.8. The van der Waals surface area contributed by atoms with Gasteiger partial charge in [0.25, 0.3) is 0 Å². The van der Waals surface area contributed by atoms with Crippen LogP contribution in [0.2, 0.25) is 0 Å². The van der Waals surface area contributed by atoms with Crippen LogP contribution in [0.3, 0.4) is 0 Å². The van der Waals surface area contributed by atoms with Gasteiger partial charge in [0.1, 0.15) is 12.0 Å². The highest BCUT2D eigenvalue weighted by Crippen LogP contribution is 2.27. The summed E-state index contributed by atoms with van der Waals surface area (Å²) in [6.45, 7) is 7.82. The van der Waals surface area contributed by atoms with Gasteiger partial charge in [0.15, 0.2) is 0 Å². The van der Waals surface area contributed by atoms with E-state index in [1.807, 2.05) is 29.3 Å². The number of hydrogen-bond donors (Lipinski definition) is 2. The Labute approximate surface area is 199 Å². The van der Waals surface area contributed by atoms with Crippen LogP contribution < -0.4 is 5.73 Å². The number of pyridine rings is 1. The molecule has 2 aliphatic heterocycles. The van der Waals surface area contributed by atoms with Crippen LogP contribution in [-0.2, 0) is 11.3 Å². The summed E-state index contributed by atoms with van der Waals surface area (Å²) in [6.07, 6.45) is 4.50. The molecule has 178 valence electrons. The smallest absolute Gasteiger partial charge is 0.225 e. The van der Waals surface area contributed by atoms with Crippen molar-refractivity contribution in [2.24, 2.45) is 16.8 Å². The molecule has 2 aliphatic rings. The highest BCUT2D eigenvalue weighted by atomic mass is 32.1. The average molecular weight is 471 g/mol. The van der Waals surface area contributed by atoms with E-state index in [0.717, 1.165) is 74.8 Å². The van der Waals surface area contributed by atoms with Crippen LogP contribution in [0.25, 0.3) is 0 Å². The number of nitrogen functional groups attached to an aromatic ring is 1. The third-order valence-corrected chi connectivity index (χ3v) is 7.36. The summed E-state index contributed by atoms with van der Waals surface area (Å²) in [5.41, 5.74) is 8.71. The molecule has 0 aliphatic carbocycles. The molecule has 0 spiro atoms. The number of thiazole rings is 1. The summed E-state index contributed by atoms with van der Waals surface area (Å²) in [7, 11) is 0. The lowest BCUT2D eigenvalue weighted by atomic mass is 9.88. The van der Waals surface area contributed by atoms with Crippen molar-refractivity contribution in [2.75, 3.05) is 31.9 Å². The van der Waals surface area contributed by atoms with Crippen molar-refractivity contribution in [3.63, 3.8) is 0 Å². The van der Waals surface area contributed by atoms with E-state index in [-0.39, 0.29) is 11.8 Å². The van der Waals surface area contributed by atoms with Gasteiger partial charge in [0, 0.05) is 43.0 Å². The number of likely N-dealkylation sites (tertiary alicyclic amines) is 2. The Morgan fingerprint density at radius 3 is 2.55 bits per heavy atom. The molecule has 2 aromatic rings. The summed E-state index contributed by atoms with van der Waals surface area (Å²) in [6, 6.07) is 3.92. The topological polar surface area (TPSA) is 108 Å². The molecule has 3 N–H and O–H groups in total. The fourth-order valence-electron chi connectivity index (χ4n) is 4.88. The minimum Gasteiger partial charge on any atom is -0.384 e. The van der Waals surface area contributed by atoms with Crippen molar-refractivity contribution >= 4 is 28.8 Å². The van der Waals surface area contributed by atoms with Gasteiger partial charge in [0.05, 0.1) is 16.4 Å². The van der Waals surface area contributed by atoms with Gasteiger partial charge in [-0.25, -0.2) is 9.97 Å². The van der Waals surface area contributed by atoms with Gasteiger partial charge in [0.2, 0.25) is 5.91 Å². The Balaban J connectivity index is 1.29. The fraction of sp³-hybridized carbons (Fsp3) is 0.583. The lowest BCUT2D eigenvalue weighted by molar-refractivity contribution is -0.138. The number of aromatic nitrogens is 2. The highest BCUT2D eigenvalue weighted by molar-refractivity contribution is 7.09. The van der Waals surface area contributed by atoms with Crippen LogP contribution in [0.4, 0.5) is 5.82 Å². The van der Waals surface area contributed by atoms with E-state index in [1.54, 1.807) is 24.5 Å². The van der Waals surface area contributed by atoms with Gasteiger partial charge in [-0.05, 0) is 70.3 Å². The predicted octanol–water partition coefficient (Wildman–Crippen LogP) is 2.71. The number of nitrogens with zero attached hydrogens (tertiary/aromatic N) is 5. The van der Waals surface area contributed by atoms with E-state index in [2.05, 4.69) is 19.9 Å². The second-order valence-electron chi connectivity index (χ2n) is 9.14. The van der Waals surface area contributed by atoms with E-state index in [1.165, 1.54) is 5.56 Å². The summed E-state index contributed by atoms with van der Waals surface area (Å²) in [5.74, 6) is 1.17. The zero-order chi connectivity index (χ0) is 23.4. The number of piperidine rings is 2. The first-order valence-electron chi connectivity index (χ1n) is 11.8. The number of aliphatic hydroxyl groups is 1. The van der Waals surface area contributed by atoms with Crippen LogP contribution in [0.1, 0.15) is 48.9 Å². The molecule has 4 heterocycles. The maximum absolute atomic E-state index is 13.2. The minimum atomic E-state index is -0.754. The number of amides is 1. The van der Waals surface area contributed by atoms with E-state index in [0.29, 0.717) is 11.7 Å². The first-order chi connectivity index (χ1) is 15.9. The zero-order valence-electron chi connectivity index (χ0n) is 19.5. The Kier molecular flexibility index (Phi) is 7.72. The minimum absolute atomic E-state index is 0.104. The number of rotatable bonds is 6. The van der Waals surface area contributed by atoms with Crippen molar-refractivity contribution in [1.29, 1.82) is 0 Å².